The summed E-state index contributed by atoms with van der Waals surface area (Å²) in [6.45, 7) is 14.3. The number of ether oxygens (including phenoxy) is 2. The molecule has 1 saturated heterocycles. The summed E-state index contributed by atoms with van der Waals surface area (Å²) in [5, 5.41) is 0.0709. The molecule has 0 spiro atoms. The van der Waals surface area contributed by atoms with Gasteiger partial charge in [-0.25, -0.2) is 0 Å². The van der Waals surface area contributed by atoms with Gasteiger partial charge in [-0.15, -0.1) is 0 Å². The van der Waals surface area contributed by atoms with Crippen molar-refractivity contribution >= 4 is 14.1 Å². The van der Waals surface area contributed by atoms with E-state index in [2.05, 4.69) is 52.9 Å². The van der Waals surface area contributed by atoms with Crippen molar-refractivity contribution in [1.82, 2.24) is 0 Å². The molecule has 0 aromatic heterocycles. The van der Waals surface area contributed by atoms with Crippen molar-refractivity contribution in [2.75, 3.05) is 20.3 Å². The van der Waals surface area contributed by atoms with Gasteiger partial charge in [0.15, 0.2) is 14.1 Å². The number of benzene rings is 1. The summed E-state index contributed by atoms with van der Waals surface area (Å²) >= 11 is 0. The second-order valence-corrected chi connectivity index (χ2v) is 15.5. The first kappa shape index (κ1) is 23.2. The maximum Gasteiger partial charge on any atom is 0.192 e. The van der Waals surface area contributed by atoms with Crippen LogP contribution in [-0.4, -0.2) is 40.5 Å². The molecule has 172 valence electrons. The molecule has 3 unspecified atom stereocenters. The van der Waals surface area contributed by atoms with E-state index < -0.39 is 8.32 Å². The molecule has 5 heteroatoms. The molecule has 2 fully saturated rings. The van der Waals surface area contributed by atoms with Crippen molar-refractivity contribution in [3.63, 3.8) is 0 Å². The smallest absolute Gasteiger partial charge is 0.192 e. The number of carbonyl (C=O) groups is 1. The molecule has 3 aliphatic rings. The van der Waals surface area contributed by atoms with Gasteiger partial charge in [0.1, 0.15) is 5.76 Å². The lowest BCUT2D eigenvalue weighted by Crippen LogP contribution is -2.42. The van der Waals surface area contributed by atoms with Crippen molar-refractivity contribution in [2.24, 2.45) is 5.92 Å². The molecule has 1 aliphatic heterocycles. The Kier molecular flexibility index (Phi) is 6.12. The Bertz CT molecular complexity index is 994. The van der Waals surface area contributed by atoms with Crippen LogP contribution in [0.1, 0.15) is 45.6 Å². The number of Topliss-reactive ketones (excluding diaryl/α,β-unsaturated/α-hetero) is 1. The molecule has 32 heavy (non-hydrogen) atoms. The van der Waals surface area contributed by atoms with Gasteiger partial charge in [0.25, 0.3) is 0 Å². The lowest BCUT2D eigenvalue weighted by Gasteiger charge is -2.41. The molecule has 1 saturated carbocycles. The Balaban J connectivity index is 1.82. The summed E-state index contributed by atoms with van der Waals surface area (Å²) in [6, 6.07) is 10.1. The molecule has 1 aromatic rings. The van der Waals surface area contributed by atoms with Gasteiger partial charge in [-0.2, -0.15) is 0 Å². The lowest BCUT2D eigenvalue weighted by atomic mass is 9.65. The van der Waals surface area contributed by atoms with Gasteiger partial charge < -0.3 is 13.9 Å². The topological polar surface area (TPSA) is 44.8 Å². The van der Waals surface area contributed by atoms with Crippen LogP contribution in [0.15, 0.2) is 64.5 Å². The van der Waals surface area contributed by atoms with Crippen LogP contribution in [0.4, 0.5) is 0 Å². The summed E-state index contributed by atoms with van der Waals surface area (Å²) in [7, 11) is -0.341. The normalized spacial score (nSPS) is 32.3. The average molecular weight is 453 g/mol. The minimum absolute atomic E-state index is 0.0679. The van der Waals surface area contributed by atoms with Crippen molar-refractivity contribution < 1.29 is 18.7 Å². The van der Waals surface area contributed by atoms with E-state index in [0.717, 1.165) is 35.5 Å². The van der Waals surface area contributed by atoms with E-state index in [4.69, 9.17) is 13.9 Å². The maximum atomic E-state index is 14.0. The number of hydrogen-bond donors (Lipinski definition) is 0. The number of methoxy groups -OCH3 is 1. The molecule has 1 heterocycles. The van der Waals surface area contributed by atoms with E-state index in [-0.39, 0.29) is 22.8 Å². The number of rotatable bonds is 5. The van der Waals surface area contributed by atoms with E-state index >= 15 is 0 Å². The summed E-state index contributed by atoms with van der Waals surface area (Å²) in [6.07, 6.45) is 2.99. The predicted octanol–water partition coefficient (Wildman–Crippen LogP) is 5.94. The van der Waals surface area contributed by atoms with Crippen molar-refractivity contribution in [1.29, 1.82) is 0 Å². The van der Waals surface area contributed by atoms with Crippen LogP contribution in [-0.2, 0) is 18.7 Å². The van der Waals surface area contributed by atoms with E-state index in [0.29, 0.717) is 18.1 Å². The van der Waals surface area contributed by atoms with E-state index in [9.17, 15) is 4.79 Å². The van der Waals surface area contributed by atoms with Crippen molar-refractivity contribution in [3.8, 4) is 0 Å². The molecule has 0 bridgehead atoms. The van der Waals surface area contributed by atoms with Gasteiger partial charge >= 0.3 is 0 Å². The molecule has 0 N–H and O–H groups in total. The Morgan fingerprint density at radius 3 is 2.44 bits per heavy atom. The molecular weight excluding hydrogens is 416 g/mol. The van der Waals surface area contributed by atoms with Gasteiger partial charge in [0.2, 0.25) is 0 Å². The number of carbonyl (C=O) groups excluding carboxylic acids is 1. The fourth-order valence-electron chi connectivity index (χ4n) is 4.85. The molecule has 1 aromatic carbocycles. The van der Waals surface area contributed by atoms with E-state index in [1.165, 1.54) is 5.57 Å². The van der Waals surface area contributed by atoms with E-state index in [1.54, 1.807) is 7.11 Å². The standard InChI is InChI=1S/C27H36O4Si/c1-17-22(18-11-9-8-10-12-18)25(28)19(16-31-32(6,7)27(2,3)4)15-21(29-5)24-23(17)20-13-14-30-26(20)24/h8-12,15,20,22,26H,13-14,16H2,1-7H3/b19-15-,23-17-,24-21-. The largest absolute Gasteiger partial charge is 0.496 e. The zero-order valence-corrected chi connectivity index (χ0v) is 21.5. The Morgan fingerprint density at radius 1 is 1.12 bits per heavy atom. The molecule has 0 amide bonds. The maximum absolute atomic E-state index is 14.0. The van der Waals surface area contributed by atoms with E-state index in [1.807, 2.05) is 24.3 Å². The van der Waals surface area contributed by atoms with Crippen LogP contribution in [0.25, 0.3) is 0 Å². The number of hydrogen-bond acceptors (Lipinski definition) is 4. The molecule has 2 aliphatic carbocycles. The second kappa shape index (κ2) is 8.43. The average Bonchev–Trinajstić information content (AvgIpc) is 3.12. The first-order chi connectivity index (χ1) is 15.1. The zero-order valence-electron chi connectivity index (χ0n) is 20.5. The number of ketones is 1. The molecular formula is C27H36O4Si. The number of allylic oxidation sites excluding steroid dienone is 2. The Labute approximate surface area is 193 Å². The summed E-state index contributed by atoms with van der Waals surface area (Å²) < 4.78 is 18.4. The highest BCUT2D eigenvalue weighted by atomic mass is 28.4. The monoisotopic (exact) mass is 452 g/mol. The molecule has 0 radical (unpaired) electrons. The predicted molar refractivity (Wildman–Crippen MR) is 130 cm³/mol. The fourth-order valence-corrected chi connectivity index (χ4v) is 5.80. The SMILES string of the molecule is COC1=C2/C(=C(/C)C(c3ccccc3)C(=O)/C(CO[Si](C)(C)C(C)(C)C)=C\1)C1CCOC21. The first-order valence-corrected chi connectivity index (χ1v) is 14.5. The highest BCUT2D eigenvalue weighted by molar-refractivity contribution is 6.74. The molecule has 3 atom stereocenters. The second-order valence-electron chi connectivity index (χ2n) is 10.7. The summed E-state index contributed by atoms with van der Waals surface area (Å²) in [4.78, 5) is 14.0. The van der Waals surface area contributed by atoms with Crippen LogP contribution in [0, 0.1) is 5.92 Å². The fraction of sp³-hybridized carbons (Fsp3) is 0.519. The van der Waals surface area contributed by atoms with Gasteiger partial charge in [-0.05, 0) is 48.7 Å². The quantitative estimate of drug-likeness (QED) is 0.519. The molecule has 4 rings (SSSR count). The zero-order chi connectivity index (χ0) is 23.3. The van der Waals surface area contributed by atoms with Crippen LogP contribution in [0.3, 0.4) is 0 Å². The Hall–Kier alpha value is -1.95. The van der Waals surface area contributed by atoms with Crippen molar-refractivity contribution in [3.05, 3.63) is 70.0 Å². The highest BCUT2D eigenvalue weighted by Crippen LogP contribution is 2.53. The van der Waals surface area contributed by atoms with Gasteiger partial charge in [0.05, 0.1) is 25.7 Å². The van der Waals surface area contributed by atoms with Crippen molar-refractivity contribution in [2.45, 2.75) is 64.3 Å². The first-order valence-electron chi connectivity index (χ1n) is 11.6. The highest BCUT2D eigenvalue weighted by Gasteiger charge is 2.50. The summed E-state index contributed by atoms with van der Waals surface area (Å²) in [5.74, 6) is 0.898. The Morgan fingerprint density at radius 2 is 1.81 bits per heavy atom. The van der Waals surface area contributed by atoms with Crippen LogP contribution < -0.4 is 0 Å². The molecule has 4 nitrogen and oxygen atoms in total. The van der Waals surface area contributed by atoms with Gasteiger partial charge in [-0.1, -0.05) is 56.7 Å². The van der Waals surface area contributed by atoms with Crippen LogP contribution in [0.5, 0.6) is 0 Å². The minimum atomic E-state index is -2.02. The van der Waals surface area contributed by atoms with Gasteiger partial charge in [-0.3, -0.25) is 4.79 Å². The van der Waals surface area contributed by atoms with Crippen LogP contribution in [0.2, 0.25) is 18.1 Å². The third kappa shape index (κ3) is 3.85. The van der Waals surface area contributed by atoms with Gasteiger partial charge in [0, 0.05) is 23.7 Å². The van der Waals surface area contributed by atoms with Crippen LogP contribution >= 0.6 is 0 Å². The number of fused-ring (bicyclic) bond motifs is 4. The third-order valence-electron chi connectivity index (χ3n) is 7.79. The third-order valence-corrected chi connectivity index (χ3v) is 12.3. The lowest BCUT2D eigenvalue weighted by molar-refractivity contribution is -0.116. The minimum Gasteiger partial charge on any atom is -0.496 e. The summed E-state index contributed by atoms with van der Waals surface area (Å²) in [5.41, 5.74) is 5.20.